The van der Waals surface area contributed by atoms with Crippen LogP contribution in [0.15, 0.2) is 23.0 Å². The number of piperazine rings is 1. The molecule has 1 unspecified atom stereocenters. The Morgan fingerprint density at radius 2 is 1.78 bits per heavy atom. The molecule has 0 radical (unpaired) electrons. The number of hydrogen-bond donors (Lipinski definition) is 1. The van der Waals surface area contributed by atoms with E-state index in [1.807, 2.05) is 43.9 Å². The third-order valence-corrected chi connectivity index (χ3v) is 7.57. The number of fused-ring (bicyclic) bond motifs is 3. The Kier molecular flexibility index (Phi) is 6.18. The lowest BCUT2D eigenvalue weighted by Gasteiger charge is -2.41. The quantitative estimate of drug-likeness (QED) is 0.648. The molecular formula is C26H35N5O5. The number of aromatic nitrogens is 2. The number of aryl methyl sites for hydroxylation is 1. The summed E-state index contributed by atoms with van der Waals surface area (Å²) in [6.45, 7) is 8.11. The summed E-state index contributed by atoms with van der Waals surface area (Å²) in [6.07, 6.45) is 3.04. The number of benzene rings is 1. The number of amides is 3. The highest BCUT2D eigenvalue weighted by Crippen LogP contribution is 2.32. The maximum atomic E-state index is 13.2. The molecule has 3 saturated heterocycles. The van der Waals surface area contributed by atoms with Crippen molar-refractivity contribution in [2.75, 3.05) is 19.6 Å². The minimum Gasteiger partial charge on any atom is -0.444 e. The number of piperidine rings is 1. The number of nitrogens with zero attached hydrogens (tertiary/aromatic N) is 4. The molecule has 3 aliphatic rings. The molecule has 36 heavy (non-hydrogen) atoms. The van der Waals surface area contributed by atoms with Crippen LogP contribution < -0.4 is 11.0 Å². The van der Waals surface area contributed by atoms with Gasteiger partial charge in [0.05, 0.1) is 11.0 Å². The molecule has 4 heterocycles. The number of imidazole rings is 1. The zero-order valence-corrected chi connectivity index (χ0v) is 21.5. The Morgan fingerprint density at radius 3 is 2.42 bits per heavy atom. The Balaban J connectivity index is 1.32. The molecule has 5 rings (SSSR count). The van der Waals surface area contributed by atoms with E-state index in [-0.39, 0.29) is 36.2 Å². The second-order valence-electron chi connectivity index (χ2n) is 11.2. The number of imide groups is 1. The van der Waals surface area contributed by atoms with Crippen LogP contribution in [0.2, 0.25) is 0 Å². The van der Waals surface area contributed by atoms with Crippen LogP contribution in [-0.2, 0) is 27.8 Å². The second-order valence-corrected chi connectivity index (χ2v) is 11.2. The predicted octanol–water partition coefficient (Wildman–Crippen LogP) is 1.94. The molecule has 1 N–H and O–H groups in total. The van der Waals surface area contributed by atoms with Gasteiger partial charge in [-0.3, -0.25) is 33.8 Å². The molecule has 2 bridgehead atoms. The number of likely N-dealkylation sites (tertiary alicyclic amines) is 1. The van der Waals surface area contributed by atoms with Crippen molar-refractivity contribution in [3.8, 4) is 0 Å². The van der Waals surface area contributed by atoms with E-state index in [0.717, 1.165) is 50.0 Å². The molecule has 0 spiro atoms. The maximum Gasteiger partial charge on any atom is 0.410 e. The van der Waals surface area contributed by atoms with Crippen LogP contribution in [0.4, 0.5) is 4.79 Å². The van der Waals surface area contributed by atoms with Crippen molar-refractivity contribution < 1.29 is 19.1 Å². The van der Waals surface area contributed by atoms with Gasteiger partial charge in [-0.2, -0.15) is 0 Å². The minimum atomic E-state index is -0.689. The Bertz CT molecular complexity index is 1260. The van der Waals surface area contributed by atoms with Crippen LogP contribution >= 0.6 is 0 Å². The minimum absolute atomic E-state index is 0.160. The molecule has 0 aliphatic carbocycles. The van der Waals surface area contributed by atoms with Crippen LogP contribution in [0.5, 0.6) is 0 Å². The fourth-order valence-corrected chi connectivity index (χ4v) is 6.02. The zero-order chi connectivity index (χ0) is 25.8. The van der Waals surface area contributed by atoms with Crippen molar-refractivity contribution in [2.45, 2.75) is 76.6 Å². The maximum absolute atomic E-state index is 13.2. The van der Waals surface area contributed by atoms with Crippen LogP contribution in [-0.4, -0.2) is 74.2 Å². The fourth-order valence-electron chi connectivity index (χ4n) is 6.02. The molecule has 3 aliphatic heterocycles. The molecule has 0 saturated carbocycles. The summed E-state index contributed by atoms with van der Waals surface area (Å²) < 4.78 is 8.79. The third kappa shape index (κ3) is 4.42. The molecule has 3 atom stereocenters. The summed E-state index contributed by atoms with van der Waals surface area (Å²) >= 11 is 0. The molecule has 3 amide bonds. The van der Waals surface area contributed by atoms with E-state index in [1.165, 1.54) is 4.57 Å². The highest BCUT2D eigenvalue weighted by atomic mass is 16.6. The predicted molar refractivity (Wildman–Crippen MR) is 134 cm³/mol. The van der Waals surface area contributed by atoms with E-state index in [1.54, 1.807) is 11.6 Å². The van der Waals surface area contributed by atoms with Gasteiger partial charge in [0.2, 0.25) is 11.8 Å². The van der Waals surface area contributed by atoms with E-state index < -0.39 is 17.6 Å². The first kappa shape index (κ1) is 24.5. The van der Waals surface area contributed by atoms with Gasteiger partial charge in [0.1, 0.15) is 11.6 Å². The first-order valence-corrected chi connectivity index (χ1v) is 12.8. The number of hydrogen-bond acceptors (Lipinski definition) is 6. The Morgan fingerprint density at radius 1 is 1.08 bits per heavy atom. The van der Waals surface area contributed by atoms with E-state index in [9.17, 15) is 19.2 Å². The molecule has 194 valence electrons. The topological polar surface area (TPSA) is 106 Å². The monoisotopic (exact) mass is 497 g/mol. The van der Waals surface area contributed by atoms with Gasteiger partial charge < -0.3 is 4.74 Å². The van der Waals surface area contributed by atoms with Gasteiger partial charge in [-0.05, 0) is 58.1 Å². The zero-order valence-electron chi connectivity index (χ0n) is 21.5. The number of rotatable bonds is 4. The average Bonchev–Trinajstić information content (AvgIpc) is 3.22. The van der Waals surface area contributed by atoms with Gasteiger partial charge in [-0.25, -0.2) is 9.59 Å². The van der Waals surface area contributed by atoms with E-state index in [0.29, 0.717) is 11.9 Å². The molecule has 10 nitrogen and oxygen atoms in total. The standard InChI is InChI=1S/C26H35N5O5/c1-26(2,3)36-25(35)30-17-8-9-18(30)15-29(14-17)13-12-16-6-5-7-19-22(16)28(4)24(34)31(19)20-10-11-21(32)27-23(20)33/h5-7,17-18,20H,8-15H2,1-4H3,(H,27,32,33)/t17-,18+,20?. The SMILES string of the molecule is Cn1c(=O)n(C2CCC(=O)NC2=O)c2cccc(CCN3C[C@H]4CC[C@@H](C3)N4C(=O)OC(C)(C)C)c21. The molecular weight excluding hydrogens is 462 g/mol. The van der Waals surface area contributed by atoms with E-state index >= 15 is 0 Å². The summed E-state index contributed by atoms with van der Waals surface area (Å²) in [5.74, 6) is -0.726. The van der Waals surface area contributed by atoms with Crippen molar-refractivity contribution in [3.05, 3.63) is 34.2 Å². The van der Waals surface area contributed by atoms with Crippen molar-refractivity contribution in [3.63, 3.8) is 0 Å². The fraction of sp³-hybridized carbons (Fsp3) is 0.615. The van der Waals surface area contributed by atoms with E-state index in [2.05, 4.69) is 10.2 Å². The first-order valence-electron chi connectivity index (χ1n) is 12.8. The molecule has 2 aromatic rings. The van der Waals surface area contributed by atoms with Crippen LogP contribution in [0.1, 0.15) is 58.1 Å². The highest BCUT2D eigenvalue weighted by molar-refractivity contribution is 6.00. The molecule has 10 heteroatoms. The Labute approximate surface area is 210 Å². The van der Waals surface area contributed by atoms with Crippen LogP contribution in [0, 0.1) is 0 Å². The summed E-state index contributed by atoms with van der Waals surface area (Å²) in [5.41, 5.74) is 1.81. The van der Waals surface area contributed by atoms with Crippen LogP contribution in [0.25, 0.3) is 11.0 Å². The summed E-state index contributed by atoms with van der Waals surface area (Å²) in [4.78, 5) is 54.4. The van der Waals surface area contributed by atoms with Gasteiger partial charge in [-0.1, -0.05) is 12.1 Å². The van der Waals surface area contributed by atoms with Crippen LogP contribution in [0.3, 0.4) is 0 Å². The summed E-state index contributed by atoms with van der Waals surface area (Å²) in [5, 5.41) is 2.36. The lowest BCUT2D eigenvalue weighted by Crippen LogP contribution is -2.56. The van der Waals surface area contributed by atoms with E-state index in [4.69, 9.17) is 4.74 Å². The van der Waals surface area contributed by atoms with Gasteiger partial charge in [-0.15, -0.1) is 0 Å². The smallest absolute Gasteiger partial charge is 0.410 e. The van der Waals surface area contributed by atoms with Crippen molar-refractivity contribution in [1.29, 1.82) is 0 Å². The average molecular weight is 498 g/mol. The van der Waals surface area contributed by atoms with Gasteiger partial charge >= 0.3 is 11.8 Å². The van der Waals surface area contributed by atoms with Gasteiger partial charge in [0.25, 0.3) is 0 Å². The summed E-state index contributed by atoms with van der Waals surface area (Å²) in [6, 6.07) is 5.45. The molecule has 1 aromatic carbocycles. The lowest BCUT2D eigenvalue weighted by atomic mass is 10.0. The number of para-hydroxylation sites is 1. The highest BCUT2D eigenvalue weighted by Gasteiger charge is 2.44. The number of carbonyl (C=O) groups is 3. The second kappa shape index (κ2) is 9.06. The largest absolute Gasteiger partial charge is 0.444 e. The van der Waals surface area contributed by atoms with Crippen molar-refractivity contribution in [1.82, 2.24) is 24.3 Å². The van der Waals surface area contributed by atoms with Gasteiger partial charge in [0, 0.05) is 45.2 Å². The Hall–Kier alpha value is -3.14. The normalized spacial score (nSPS) is 24.9. The first-order chi connectivity index (χ1) is 17.0. The van der Waals surface area contributed by atoms with Crippen molar-refractivity contribution >= 4 is 28.9 Å². The van der Waals surface area contributed by atoms with Crippen molar-refractivity contribution in [2.24, 2.45) is 7.05 Å². The summed E-state index contributed by atoms with van der Waals surface area (Å²) in [7, 11) is 1.73. The molecule has 3 fully saturated rings. The number of carbonyl (C=O) groups excluding carboxylic acids is 3. The number of ether oxygens (including phenoxy) is 1. The third-order valence-electron chi connectivity index (χ3n) is 7.57. The molecule has 1 aromatic heterocycles. The number of nitrogens with one attached hydrogen (secondary N) is 1. The van der Waals surface area contributed by atoms with Gasteiger partial charge in [0.15, 0.2) is 0 Å². The lowest BCUT2D eigenvalue weighted by molar-refractivity contribution is -0.135.